The van der Waals surface area contributed by atoms with Gasteiger partial charge in [0.15, 0.2) is 17.4 Å². The van der Waals surface area contributed by atoms with E-state index >= 15 is 4.39 Å². The summed E-state index contributed by atoms with van der Waals surface area (Å²) in [6.45, 7) is 8.12. The molecule has 4 heterocycles. The van der Waals surface area contributed by atoms with Crippen molar-refractivity contribution in [3.8, 4) is 5.75 Å². The highest BCUT2D eigenvalue weighted by Gasteiger charge is 2.43. The number of methoxy groups -OCH3 is 1. The standard InChI is InChI=1S/C27H31BClF2N5O4S/c1-7-19(33(5)26(38)40-27(2,3)4)16-11-18(29)22(31)23-17(16)12-20-25(37)35-9-8-34(14-28(35)41-36(20)23)24-21(39-6)10-15(30)13-32-24/h10-13,19H,7-9,14H2,1-6H3. The Hall–Kier alpha value is -3.19. The van der Waals surface area contributed by atoms with Crippen molar-refractivity contribution in [2.45, 2.75) is 45.8 Å². The van der Waals surface area contributed by atoms with Crippen LogP contribution in [0.25, 0.3) is 10.9 Å². The Bertz CT molecular complexity index is 1530. The van der Waals surface area contributed by atoms with Gasteiger partial charge >= 0.3 is 12.2 Å². The first-order chi connectivity index (χ1) is 19.3. The van der Waals surface area contributed by atoms with Gasteiger partial charge in [0.1, 0.15) is 17.1 Å². The van der Waals surface area contributed by atoms with Gasteiger partial charge in [-0.1, -0.05) is 30.3 Å². The van der Waals surface area contributed by atoms with Crippen LogP contribution in [0.4, 0.5) is 19.4 Å². The maximum absolute atomic E-state index is 15.7. The summed E-state index contributed by atoms with van der Waals surface area (Å²) in [5.74, 6) is -0.633. The molecule has 2 aliphatic heterocycles. The Balaban J connectivity index is 1.54. The van der Waals surface area contributed by atoms with Gasteiger partial charge in [0.25, 0.3) is 5.91 Å². The molecule has 0 aliphatic carbocycles. The van der Waals surface area contributed by atoms with Crippen LogP contribution in [0, 0.1) is 11.6 Å². The number of carbonyl (C=O) groups is 2. The Labute approximate surface area is 246 Å². The molecule has 0 radical (unpaired) electrons. The molecule has 2 aromatic heterocycles. The number of carbonyl (C=O) groups excluding carboxylic acids is 2. The maximum Gasteiger partial charge on any atom is 0.410 e. The lowest BCUT2D eigenvalue weighted by molar-refractivity contribution is 0.0216. The molecule has 9 nitrogen and oxygen atoms in total. The average Bonchev–Trinajstić information content (AvgIpc) is 3.30. The van der Waals surface area contributed by atoms with E-state index in [0.29, 0.717) is 54.2 Å². The number of aromatic nitrogens is 2. The molecule has 0 saturated carbocycles. The number of nitrogens with zero attached hydrogens (tertiary/aromatic N) is 5. The van der Waals surface area contributed by atoms with Crippen molar-refractivity contribution in [2.75, 3.05) is 38.6 Å². The van der Waals surface area contributed by atoms with Crippen LogP contribution in [0.3, 0.4) is 0 Å². The molecule has 2 amide bonds. The molecule has 14 heteroatoms. The minimum atomic E-state index is -0.691. The number of amides is 2. The number of halogens is 3. The maximum atomic E-state index is 15.7. The van der Waals surface area contributed by atoms with Gasteiger partial charge in [0, 0.05) is 38.0 Å². The van der Waals surface area contributed by atoms with Crippen LogP contribution >= 0.6 is 23.4 Å². The monoisotopic (exact) mass is 605 g/mol. The molecular formula is C27H31BClF2N5O4S. The van der Waals surface area contributed by atoms with Crippen LogP contribution in [0.15, 0.2) is 24.4 Å². The molecule has 1 atom stereocenters. The van der Waals surface area contributed by atoms with E-state index in [9.17, 15) is 14.0 Å². The first kappa shape index (κ1) is 29.3. The lowest BCUT2D eigenvalue weighted by Crippen LogP contribution is -2.59. The second-order valence-electron chi connectivity index (χ2n) is 11.0. The third-order valence-electron chi connectivity index (χ3n) is 7.22. The summed E-state index contributed by atoms with van der Waals surface area (Å²) in [4.78, 5) is 36.0. The van der Waals surface area contributed by atoms with Crippen LogP contribution in [0.1, 0.15) is 56.2 Å². The van der Waals surface area contributed by atoms with Gasteiger partial charge in [-0.05, 0) is 44.9 Å². The molecule has 0 spiro atoms. The zero-order valence-electron chi connectivity index (χ0n) is 23.7. The van der Waals surface area contributed by atoms with Crippen LogP contribution in [-0.2, 0) is 4.74 Å². The van der Waals surface area contributed by atoms with Crippen molar-refractivity contribution in [3.63, 3.8) is 0 Å². The summed E-state index contributed by atoms with van der Waals surface area (Å²) in [5.41, 5.74) is 0.442. The summed E-state index contributed by atoms with van der Waals surface area (Å²) in [6, 6.07) is 3.99. The van der Waals surface area contributed by atoms with E-state index in [2.05, 4.69) is 4.98 Å². The average molecular weight is 606 g/mol. The predicted molar refractivity (Wildman–Crippen MR) is 157 cm³/mol. The summed E-state index contributed by atoms with van der Waals surface area (Å²) in [7, 11) is 3.08. The van der Waals surface area contributed by atoms with Gasteiger partial charge in [-0.15, -0.1) is 0 Å². The first-order valence-electron chi connectivity index (χ1n) is 13.3. The van der Waals surface area contributed by atoms with Crippen molar-refractivity contribution >= 4 is 58.2 Å². The highest BCUT2D eigenvalue weighted by molar-refractivity contribution is 8.24. The number of anilines is 1. The Morgan fingerprint density at radius 1 is 1.27 bits per heavy atom. The zero-order chi connectivity index (χ0) is 29.8. The SMILES string of the molecule is CCC(c1cc(Cl)c(F)c2c1cc1n2SB2CN(c3ncc(F)cc3OC)CCN2C1=O)N(C)C(=O)OC(C)(C)C. The summed E-state index contributed by atoms with van der Waals surface area (Å²) >= 11 is 7.72. The van der Waals surface area contributed by atoms with Crippen molar-refractivity contribution in [3.05, 3.63) is 52.3 Å². The largest absolute Gasteiger partial charge is 0.493 e. The molecule has 2 aliphatic rings. The van der Waals surface area contributed by atoms with Crippen molar-refractivity contribution in [2.24, 2.45) is 0 Å². The Morgan fingerprint density at radius 2 is 2.00 bits per heavy atom. The lowest BCUT2D eigenvalue weighted by atomic mass is 9.84. The van der Waals surface area contributed by atoms with Crippen LogP contribution < -0.4 is 9.64 Å². The highest BCUT2D eigenvalue weighted by Crippen LogP contribution is 2.42. The smallest absolute Gasteiger partial charge is 0.410 e. The van der Waals surface area contributed by atoms with Gasteiger partial charge in [-0.25, -0.2) is 18.6 Å². The molecule has 0 N–H and O–H groups in total. The molecule has 218 valence electrons. The number of hydrogen-bond acceptors (Lipinski definition) is 7. The molecular weight excluding hydrogens is 575 g/mol. The molecule has 1 unspecified atom stereocenters. The Morgan fingerprint density at radius 3 is 2.66 bits per heavy atom. The summed E-state index contributed by atoms with van der Waals surface area (Å²) in [6.07, 6.45) is 1.08. The molecule has 41 heavy (non-hydrogen) atoms. The quantitative estimate of drug-likeness (QED) is 0.341. The molecule has 0 bridgehead atoms. The lowest BCUT2D eigenvalue weighted by Gasteiger charge is -2.42. The predicted octanol–water partition coefficient (Wildman–Crippen LogP) is 5.79. The van der Waals surface area contributed by atoms with E-state index in [-0.39, 0.29) is 22.6 Å². The van der Waals surface area contributed by atoms with Crippen LogP contribution in [-0.4, -0.2) is 76.1 Å². The molecule has 1 fully saturated rings. The molecule has 3 aromatic rings. The van der Waals surface area contributed by atoms with E-state index in [0.717, 1.165) is 6.20 Å². The summed E-state index contributed by atoms with van der Waals surface area (Å²) < 4.78 is 42.0. The van der Waals surface area contributed by atoms with Crippen molar-refractivity contribution in [1.29, 1.82) is 0 Å². The van der Waals surface area contributed by atoms with Gasteiger partial charge in [-0.2, -0.15) is 0 Å². The minimum absolute atomic E-state index is 0.106. The van der Waals surface area contributed by atoms with Crippen LogP contribution in [0.2, 0.25) is 5.02 Å². The van der Waals surface area contributed by atoms with Gasteiger partial charge < -0.3 is 24.1 Å². The second kappa shape index (κ2) is 10.9. The normalized spacial score (nSPS) is 16.0. The number of hydrogen-bond donors (Lipinski definition) is 0. The minimum Gasteiger partial charge on any atom is -0.493 e. The number of ether oxygens (including phenoxy) is 2. The fourth-order valence-corrected chi connectivity index (χ4v) is 6.89. The van der Waals surface area contributed by atoms with Gasteiger partial charge in [-0.3, -0.25) is 8.77 Å². The van der Waals surface area contributed by atoms with E-state index in [1.54, 1.807) is 42.7 Å². The number of rotatable bonds is 5. The van der Waals surface area contributed by atoms with Gasteiger partial charge in [0.05, 0.1) is 29.9 Å². The van der Waals surface area contributed by atoms with Gasteiger partial charge in [0.2, 0.25) is 0 Å². The second-order valence-corrected chi connectivity index (χ2v) is 12.6. The third kappa shape index (κ3) is 5.29. The van der Waals surface area contributed by atoms with E-state index in [1.807, 2.05) is 11.8 Å². The van der Waals surface area contributed by atoms with Crippen molar-refractivity contribution in [1.82, 2.24) is 18.7 Å². The fraction of sp³-hybridized carbons (Fsp3) is 0.444. The highest BCUT2D eigenvalue weighted by atomic mass is 35.5. The summed E-state index contributed by atoms with van der Waals surface area (Å²) in [5, 5.41) is 0.397. The molecule has 1 aromatic carbocycles. The fourth-order valence-electron chi connectivity index (χ4n) is 5.34. The molecule has 1 saturated heterocycles. The van der Waals surface area contributed by atoms with E-state index in [4.69, 9.17) is 21.1 Å². The van der Waals surface area contributed by atoms with E-state index in [1.165, 1.54) is 35.9 Å². The number of fused-ring (bicyclic) bond motifs is 4. The topological polar surface area (TPSA) is 80.1 Å². The van der Waals surface area contributed by atoms with Crippen molar-refractivity contribution < 1.29 is 27.8 Å². The third-order valence-corrected chi connectivity index (χ3v) is 8.74. The number of benzene rings is 1. The first-order valence-corrected chi connectivity index (χ1v) is 14.5. The molecule has 5 rings (SSSR count). The van der Waals surface area contributed by atoms with E-state index < -0.39 is 29.4 Å². The van der Waals surface area contributed by atoms with Crippen LogP contribution in [0.5, 0.6) is 5.75 Å². The zero-order valence-corrected chi connectivity index (χ0v) is 25.3. The Kier molecular flexibility index (Phi) is 7.79. The number of pyridine rings is 1.